The molecule has 1 saturated heterocycles. The molecule has 0 unspecified atom stereocenters. The van der Waals surface area contributed by atoms with Gasteiger partial charge < -0.3 is 5.32 Å². The first-order valence-electron chi connectivity index (χ1n) is 2.99. The molecule has 2 aliphatic rings. The third kappa shape index (κ3) is 0.317. The van der Waals surface area contributed by atoms with Crippen LogP contribution in [-0.4, -0.2) is 13.1 Å². The van der Waals surface area contributed by atoms with Crippen molar-refractivity contribution in [3.05, 3.63) is 0 Å². The predicted molar refractivity (Wildman–Crippen MR) is 29.0 cm³/mol. The van der Waals surface area contributed by atoms with Crippen LogP contribution in [0, 0.1) is 22.7 Å². The van der Waals surface area contributed by atoms with E-state index in [0.717, 1.165) is 19.5 Å². The Morgan fingerprint density at radius 3 is 2.88 bits per heavy atom. The van der Waals surface area contributed by atoms with E-state index in [0.29, 0.717) is 5.92 Å². The van der Waals surface area contributed by atoms with Crippen molar-refractivity contribution in [3.8, 4) is 6.07 Å². The lowest BCUT2D eigenvalue weighted by Crippen LogP contribution is -2.14. The van der Waals surface area contributed by atoms with E-state index >= 15 is 0 Å². The number of rotatable bonds is 0. The van der Waals surface area contributed by atoms with Gasteiger partial charge >= 0.3 is 0 Å². The van der Waals surface area contributed by atoms with Crippen molar-refractivity contribution in [2.24, 2.45) is 11.3 Å². The van der Waals surface area contributed by atoms with Gasteiger partial charge in [0.15, 0.2) is 0 Å². The van der Waals surface area contributed by atoms with Crippen LogP contribution in [0.2, 0.25) is 0 Å². The molecule has 0 amide bonds. The van der Waals surface area contributed by atoms with Gasteiger partial charge in [-0.2, -0.15) is 5.26 Å². The first-order valence-corrected chi connectivity index (χ1v) is 2.99. The highest BCUT2D eigenvalue weighted by molar-refractivity contribution is 5.20. The zero-order valence-electron chi connectivity index (χ0n) is 4.65. The molecule has 1 aliphatic heterocycles. The first-order chi connectivity index (χ1) is 3.87. The summed E-state index contributed by atoms with van der Waals surface area (Å²) in [7, 11) is 0. The average molecular weight is 108 g/mol. The molecular formula is C6H8N2. The summed E-state index contributed by atoms with van der Waals surface area (Å²) in [6.07, 6.45) is 1.15. The molecule has 1 aliphatic carbocycles. The molecule has 0 aromatic heterocycles. The molecule has 1 heterocycles. The van der Waals surface area contributed by atoms with E-state index in [-0.39, 0.29) is 5.41 Å². The summed E-state index contributed by atoms with van der Waals surface area (Å²) in [4.78, 5) is 0. The normalized spacial score (nSPS) is 50.1. The van der Waals surface area contributed by atoms with Crippen molar-refractivity contribution >= 4 is 0 Å². The molecule has 0 bridgehead atoms. The maximum Gasteiger partial charge on any atom is 0.0742 e. The molecule has 8 heavy (non-hydrogen) atoms. The van der Waals surface area contributed by atoms with E-state index in [9.17, 15) is 0 Å². The monoisotopic (exact) mass is 108 g/mol. The lowest BCUT2D eigenvalue weighted by atomic mass is 10.1. The lowest BCUT2D eigenvalue weighted by molar-refractivity contribution is 0.658. The van der Waals surface area contributed by atoms with Crippen molar-refractivity contribution in [3.63, 3.8) is 0 Å². The SMILES string of the molecule is N#C[C@@]12CNC[C@H]1C2. The van der Waals surface area contributed by atoms with Crippen LogP contribution in [0.4, 0.5) is 0 Å². The van der Waals surface area contributed by atoms with Crippen LogP contribution >= 0.6 is 0 Å². The summed E-state index contributed by atoms with van der Waals surface area (Å²) in [6, 6.07) is 2.35. The molecule has 42 valence electrons. The molecule has 0 radical (unpaired) electrons. The van der Waals surface area contributed by atoms with Crippen LogP contribution in [0.5, 0.6) is 0 Å². The maximum absolute atomic E-state index is 8.58. The topological polar surface area (TPSA) is 35.8 Å². The molecule has 0 aromatic rings. The molecule has 1 N–H and O–H groups in total. The summed E-state index contributed by atoms with van der Waals surface area (Å²) in [6.45, 7) is 2.02. The fourth-order valence-electron chi connectivity index (χ4n) is 1.51. The molecule has 0 aromatic carbocycles. The highest BCUT2D eigenvalue weighted by Gasteiger charge is 2.57. The number of nitrogens with zero attached hydrogens (tertiary/aromatic N) is 1. The molecule has 2 atom stereocenters. The highest BCUT2D eigenvalue weighted by Crippen LogP contribution is 2.54. The van der Waals surface area contributed by atoms with Crippen LogP contribution in [0.1, 0.15) is 6.42 Å². The van der Waals surface area contributed by atoms with Gasteiger partial charge in [-0.05, 0) is 18.9 Å². The Hall–Kier alpha value is -0.550. The van der Waals surface area contributed by atoms with Crippen molar-refractivity contribution in [1.29, 1.82) is 5.26 Å². The van der Waals surface area contributed by atoms with Crippen molar-refractivity contribution in [2.75, 3.05) is 13.1 Å². The van der Waals surface area contributed by atoms with Gasteiger partial charge in [0.05, 0.1) is 11.5 Å². The number of piperidine rings is 1. The van der Waals surface area contributed by atoms with Gasteiger partial charge in [0.2, 0.25) is 0 Å². The van der Waals surface area contributed by atoms with E-state index in [1.165, 1.54) is 0 Å². The predicted octanol–water partition coefficient (Wildman–Crippen LogP) is 0.119. The van der Waals surface area contributed by atoms with Crippen molar-refractivity contribution < 1.29 is 0 Å². The standard InChI is InChI=1S/C6H8N2/c7-3-6-1-5(6)2-8-4-6/h5,8H,1-2,4H2/t5-,6+/m1/s1. The number of hydrogen-bond donors (Lipinski definition) is 1. The summed E-state index contributed by atoms with van der Waals surface area (Å²) < 4.78 is 0. The Balaban J connectivity index is 2.22. The van der Waals surface area contributed by atoms with Gasteiger partial charge in [-0.15, -0.1) is 0 Å². The van der Waals surface area contributed by atoms with Crippen LogP contribution in [0.3, 0.4) is 0 Å². The zero-order valence-corrected chi connectivity index (χ0v) is 4.65. The molecule has 2 heteroatoms. The highest BCUT2D eigenvalue weighted by atomic mass is 15.0. The fourth-order valence-corrected chi connectivity index (χ4v) is 1.51. The van der Waals surface area contributed by atoms with Gasteiger partial charge in [-0.1, -0.05) is 0 Å². The second-order valence-electron chi connectivity index (χ2n) is 2.80. The first kappa shape index (κ1) is 4.34. The third-order valence-electron chi connectivity index (χ3n) is 2.29. The average Bonchev–Trinajstić information content (AvgIpc) is 2.38. The zero-order chi connectivity index (χ0) is 5.61. The Morgan fingerprint density at radius 2 is 2.62 bits per heavy atom. The molecule has 2 rings (SSSR count). The van der Waals surface area contributed by atoms with E-state index in [1.807, 2.05) is 0 Å². The van der Waals surface area contributed by atoms with Gasteiger partial charge in [-0.3, -0.25) is 0 Å². The third-order valence-corrected chi connectivity index (χ3v) is 2.29. The van der Waals surface area contributed by atoms with Crippen LogP contribution < -0.4 is 5.32 Å². The largest absolute Gasteiger partial charge is 0.315 e. The van der Waals surface area contributed by atoms with E-state index in [1.54, 1.807) is 0 Å². The summed E-state index contributed by atoms with van der Waals surface area (Å²) in [5.41, 5.74) is 0.0972. The van der Waals surface area contributed by atoms with Crippen LogP contribution in [0.25, 0.3) is 0 Å². The Labute approximate surface area is 48.5 Å². The Morgan fingerprint density at radius 1 is 1.75 bits per heavy atom. The molecule has 2 nitrogen and oxygen atoms in total. The summed E-state index contributed by atoms with van der Waals surface area (Å²) in [5.74, 6) is 0.701. The summed E-state index contributed by atoms with van der Waals surface area (Å²) >= 11 is 0. The Bertz CT molecular complexity index is 158. The minimum atomic E-state index is 0.0972. The molecule has 2 fully saturated rings. The van der Waals surface area contributed by atoms with E-state index < -0.39 is 0 Å². The van der Waals surface area contributed by atoms with Gasteiger partial charge in [0.25, 0.3) is 0 Å². The van der Waals surface area contributed by atoms with Crippen molar-refractivity contribution in [1.82, 2.24) is 5.32 Å². The van der Waals surface area contributed by atoms with Crippen LogP contribution in [0.15, 0.2) is 0 Å². The van der Waals surface area contributed by atoms with E-state index in [2.05, 4.69) is 11.4 Å². The second-order valence-corrected chi connectivity index (χ2v) is 2.80. The lowest BCUT2D eigenvalue weighted by Gasteiger charge is -1.94. The summed E-state index contributed by atoms with van der Waals surface area (Å²) in [5, 5.41) is 11.8. The van der Waals surface area contributed by atoms with Gasteiger partial charge in [-0.25, -0.2) is 0 Å². The number of nitriles is 1. The molecular weight excluding hydrogens is 100 g/mol. The van der Waals surface area contributed by atoms with Gasteiger partial charge in [0, 0.05) is 6.54 Å². The number of fused-ring (bicyclic) bond motifs is 1. The maximum atomic E-state index is 8.58. The fraction of sp³-hybridized carbons (Fsp3) is 0.833. The van der Waals surface area contributed by atoms with Gasteiger partial charge in [0.1, 0.15) is 0 Å². The minimum absolute atomic E-state index is 0.0972. The second kappa shape index (κ2) is 1.06. The number of hydrogen-bond acceptors (Lipinski definition) is 2. The molecule has 1 saturated carbocycles. The molecule has 0 spiro atoms. The smallest absolute Gasteiger partial charge is 0.0742 e. The number of nitrogens with one attached hydrogen (secondary N) is 1. The Kier molecular flexibility index (Phi) is 0.575. The minimum Gasteiger partial charge on any atom is -0.315 e. The van der Waals surface area contributed by atoms with Crippen molar-refractivity contribution in [2.45, 2.75) is 6.42 Å². The van der Waals surface area contributed by atoms with E-state index in [4.69, 9.17) is 5.26 Å². The van der Waals surface area contributed by atoms with Crippen LogP contribution in [-0.2, 0) is 0 Å². The quantitative estimate of drug-likeness (QED) is 0.478.